The summed E-state index contributed by atoms with van der Waals surface area (Å²) in [6.07, 6.45) is 1.65. The lowest BCUT2D eigenvalue weighted by Crippen LogP contribution is -2.36. The Morgan fingerprint density at radius 2 is 1.54 bits per heavy atom. The van der Waals surface area contributed by atoms with Crippen LogP contribution in [0, 0.1) is 0 Å². The number of hydrogen-bond acceptors (Lipinski definition) is 3. The van der Waals surface area contributed by atoms with Gasteiger partial charge >= 0.3 is 0 Å². The van der Waals surface area contributed by atoms with Crippen LogP contribution >= 0.6 is 0 Å². The Balaban J connectivity index is 3.73. The maximum absolute atomic E-state index is 9.21. The number of nitrogens with zero attached hydrogens (tertiary/aromatic N) is 1. The summed E-state index contributed by atoms with van der Waals surface area (Å²) in [5, 5.41) is 18.4. The van der Waals surface area contributed by atoms with Gasteiger partial charge in [-0.05, 0) is 26.8 Å². The first kappa shape index (κ1) is 12.9. The molecule has 0 saturated heterocycles. The standard InChI is InChI=1S/C10H23NO2/c1-4-5-6-11(7-9(2)12)8-10(3)13/h9-10,12-13H,4-8H2,1-3H3/t9-,10-/m0/s1. The molecule has 2 atom stereocenters. The summed E-state index contributed by atoms with van der Waals surface area (Å²) in [6, 6.07) is 0. The second kappa shape index (κ2) is 7.30. The number of aliphatic hydroxyl groups excluding tert-OH is 2. The molecule has 0 bridgehead atoms. The second-order valence-electron chi connectivity index (χ2n) is 3.81. The first-order valence-corrected chi connectivity index (χ1v) is 5.14. The third-order valence-corrected chi connectivity index (χ3v) is 1.87. The zero-order valence-corrected chi connectivity index (χ0v) is 9.03. The Labute approximate surface area is 81.4 Å². The predicted octanol–water partition coefficient (Wildman–Crippen LogP) is 0.850. The molecule has 0 aromatic rings. The van der Waals surface area contributed by atoms with Gasteiger partial charge in [-0.15, -0.1) is 0 Å². The molecule has 13 heavy (non-hydrogen) atoms. The number of aliphatic hydroxyl groups is 2. The molecule has 2 N–H and O–H groups in total. The van der Waals surface area contributed by atoms with Crippen LogP contribution in [-0.4, -0.2) is 47.0 Å². The van der Waals surface area contributed by atoms with Crippen LogP contribution in [0.5, 0.6) is 0 Å². The number of hydrogen-bond donors (Lipinski definition) is 2. The lowest BCUT2D eigenvalue weighted by Gasteiger charge is -2.24. The minimum atomic E-state index is -0.310. The summed E-state index contributed by atoms with van der Waals surface area (Å²) in [4.78, 5) is 2.11. The van der Waals surface area contributed by atoms with E-state index in [0.29, 0.717) is 13.1 Å². The van der Waals surface area contributed by atoms with Crippen LogP contribution in [0.3, 0.4) is 0 Å². The lowest BCUT2D eigenvalue weighted by atomic mass is 10.2. The van der Waals surface area contributed by atoms with Gasteiger partial charge in [0.25, 0.3) is 0 Å². The molecule has 0 rings (SSSR count). The molecule has 0 fully saturated rings. The zero-order chi connectivity index (χ0) is 10.3. The first-order chi connectivity index (χ1) is 6.06. The Morgan fingerprint density at radius 3 is 1.85 bits per heavy atom. The summed E-state index contributed by atoms with van der Waals surface area (Å²) in [5.41, 5.74) is 0. The molecule has 0 aromatic heterocycles. The van der Waals surface area contributed by atoms with E-state index in [-0.39, 0.29) is 12.2 Å². The summed E-state index contributed by atoms with van der Waals surface area (Å²) < 4.78 is 0. The Morgan fingerprint density at radius 1 is 1.08 bits per heavy atom. The molecule has 80 valence electrons. The highest BCUT2D eigenvalue weighted by atomic mass is 16.3. The van der Waals surface area contributed by atoms with Gasteiger partial charge in [0, 0.05) is 13.1 Å². The molecule has 0 aromatic carbocycles. The van der Waals surface area contributed by atoms with Gasteiger partial charge in [0.15, 0.2) is 0 Å². The van der Waals surface area contributed by atoms with Crippen LogP contribution in [0.1, 0.15) is 33.6 Å². The molecule has 0 spiro atoms. The maximum atomic E-state index is 9.21. The molecule has 0 heterocycles. The van der Waals surface area contributed by atoms with Crippen molar-refractivity contribution < 1.29 is 10.2 Å². The topological polar surface area (TPSA) is 43.7 Å². The van der Waals surface area contributed by atoms with E-state index in [9.17, 15) is 10.2 Å². The van der Waals surface area contributed by atoms with Crippen molar-refractivity contribution in [3.05, 3.63) is 0 Å². The Bertz CT molecular complexity index is 105. The van der Waals surface area contributed by atoms with Gasteiger partial charge in [0.05, 0.1) is 12.2 Å². The summed E-state index contributed by atoms with van der Waals surface area (Å²) in [5.74, 6) is 0. The van der Waals surface area contributed by atoms with E-state index in [0.717, 1.165) is 19.4 Å². The van der Waals surface area contributed by atoms with Crippen LogP contribution in [0.15, 0.2) is 0 Å². The van der Waals surface area contributed by atoms with Gasteiger partial charge in [0.1, 0.15) is 0 Å². The maximum Gasteiger partial charge on any atom is 0.0639 e. The highest BCUT2D eigenvalue weighted by Gasteiger charge is 2.09. The van der Waals surface area contributed by atoms with Crippen LogP contribution in [-0.2, 0) is 0 Å². The van der Waals surface area contributed by atoms with Crippen LogP contribution in [0.2, 0.25) is 0 Å². The Kier molecular flexibility index (Phi) is 7.23. The highest BCUT2D eigenvalue weighted by Crippen LogP contribution is 1.99. The highest BCUT2D eigenvalue weighted by molar-refractivity contribution is 4.64. The number of rotatable bonds is 7. The number of unbranched alkanes of at least 4 members (excludes halogenated alkanes) is 1. The summed E-state index contributed by atoms with van der Waals surface area (Å²) >= 11 is 0. The fraction of sp³-hybridized carbons (Fsp3) is 1.00. The van der Waals surface area contributed by atoms with E-state index in [4.69, 9.17) is 0 Å². The van der Waals surface area contributed by atoms with Gasteiger partial charge < -0.3 is 10.2 Å². The molecule has 3 nitrogen and oxygen atoms in total. The van der Waals surface area contributed by atoms with Gasteiger partial charge in [-0.3, -0.25) is 4.90 Å². The monoisotopic (exact) mass is 189 g/mol. The molecule has 0 amide bonds. The third-order valence-electron chi connectivity index (χ3n) is 1.87. The van der Waals surface area contributed by atoms with Crippen molar-refractivity contribution in [2.45, 2.75) is 45.8 Å². The SMILES string of the molecule is CCCCN(C[C@H](C)O)C[C@H](C)O. The minimum absolute atomic E-state index is 0.310. The summed E-state index contributed by atoms with van der Waals surface area (Å²) in [7, 11) is 0. The van der Waals surface area contributed by atoms with E-state index in [1.165, 1.54) is 0 Å². The van der Waals surface area contributed by atoms with Gasteiger partial charge in [-0.1, -0.05) is 13.3 Å². The molecule has 0 aliphatic carbocycles. The minimum Gasteiger partial charge on any atom is -0.392 e. The second-order valence-corrected chi connectivity index (χ2v) is 3.81. The first-order valence-electron chi connectivity index (χ1n) is 5.14. The van der Waals surface area contributed by atoms with Crippen molar-refractivity contribution >= 4 is 0 Å². The summed E-state index contributed by atoms with van der Waals surface area (Å²) in [6.45, 7) is 7.98. The molecule has 0 aliphatic rings. The van der Waals surface area contributed by atoms with Gasteiger partial charge in [-0.25, -0.2) is 0 Å². The van der Waals surface area contributed by atoms with E-state index in [2.05, 4.69) is 11.8 Å². The average molecular weight is 189 g/mol. The van der Waals surface area contributed by atoms with Crippen LogP contribution in [0.4, 0.5) is 0 Å². The third kappa shape index (κ3) is 8.22. The fourth-order valence-electron chi connectivity index (χ4n) is 1.39. The molecular formula is C10H23NO2. The van der Waals surface area contributed by atoms with Gasteiger partial charge in [-0.2, -0.15) is 0 Å². The smallest absolute Gasteiger partial charge is 0.0639 e. The molecular weight excluding hydrogens is 166 g/mol. The van der Waals surface area contributed by atoms with E-state index in [1.807, 2.05) is 0 Å². The van der Waals surface area contributed by atoms with Gasteiger partial charge in [0.2, 0.25) is 0 Å². The zero-order valence-electron chi connectivity index (χ0n) is 9.03. The van der Waals surface area contributed by atoms with E-state index >= 15 is 0 Å². The quantitative estimate of drug-likeness (QED) is 0.624. The molecule has 0 saturated carbocycles. The molecule has 0 radical (unpaired) electrons. The molecule has 0 unspecified atom stereocenters. The van der Waals surface area contributed by atoms with E-state index in [1.54, 1.807) is 13.8 Å². The van der Waals surface area contributed by atoms with Crippen molar-refractivity contribution in [2.24, 2.45) is 0 Å². The lowest BCUT2D eigenvalue weighted by molar-refractivity contribution is 0.0828. The predicted molar refractivity (Wildman–Crippen MR) is 54.7 cm³/mol. The molecule has 3 heteroatoms. The average Bonchev–Trinajstić information content (AvgIpc) is 1.98. The van der Waals surface area contributed by atoms with E-state index < -0.39 is 0 Å². The Hall–Kier alpha value is -0.120. The van der Waals surface area contributed by atoms with Crippen molar-refractivity contribution in [3.63, 3.8) is 0 Å². The molecule has 0 aliphatic heterocycles. The van der Waals surface area contributed by atoms with Crippen molar-refractivity contribution in [1.29, 1.82) is 0 Å². The largest absolute Gasteiger partial charge is 0.392 e. The fourth-order valence-corrected chi connectivity index (χ4v) is 1.39. The van der Waals surface area contributed by atoms with Crippen LogP contribution < -0.4 is 0 Å². The van der Waals surface area contributed by atoms with Crippen molar-refractivity contribution in [3.8, 4) is 0 Å². The van der Waals surface area contributed by atoms with Crippen LogP contribution in [0.25, 0.3) is 0 Å². The normalized spacial score (nSPS) is 16.2. The van der Waals surface area contributed by atoms with Crippen molar-refractivity contribution in [2.75, 3.05) is 19.6 Å². The van der Waals surface area contributed by atoms with Crippen molar-refractivity contribution in [1.82, 2.24) is 4.90 Å².